The van der Waals surface area contributed by atoms with E-state index in [1.165, 1.54) is 30.6 Å². The predicted octanol–water partition coefficient (Wildman–Crippen LogP) is 3.85. The van der Waals surface area contributed by atoms with Gasteiger partial charge in [0.05, 0.1) is 10.2 Å². The summed E-state index contributed by atoms with van der Waals surface area (Å²) in [7, 11) is 0. The topological polar surface area (TPSA) is 28.2 Å². The van der Waals surface area contributed by atoms with Crippen LogP contribution in [-0.4, -0.2) is 35.6 Å². The summed E-state index contributed by atoms with van der Waals surface area (Å²) in [5, 5.41) is 5.19. The van der Waals surface area contributed by atoms with E-state index in [1.807, 2.05) is 18.2 Å². The molecule has 1 unspecified atom stereocenters. The van der Waals surface area contributed by atoms with Crippen LogP contribution in [0, 0.1) is 0 Å². The maximum absolute atomic E-state index is 5.98. The number of thiazole rings is 1. The predicted molar refractivity (Wildman–Crippen MR) is 83.4 cm³/mol. The van der Waals surface area contributed by atoms with Gasteiger partial charge in [0.1, 0.15) is 0 Å². The molecule has 1 aromatic carbocycles. The van der Waals surface area contributed by atoms with E-state index in [2.05, 4.69) is 22.1 Å². The first-order valence-corrected chi connectivity index (χ1v) is 7.96. The fraction of sp³-hybridized carbons (Fsp3) is 0.500. The van der Waals surface area contributed by atoms with Crippen molar-refractivity contribution in [1.82, 2.24) is 9.88 Å². The highest BCUT2D eigenvalue weighted by Gasteiger charge is 2.17. The normalized spacial score (nSPS) is 18.0. The van der Waals surface area contributed by atoms with Gasteiger partial charge in [0.2, 0.25) is 0 Å². The molecule has 0 saturated carbocycles. The number of rotatable bonds is 4. The van der Waals surface area contributed by atoms with Crippen LogP contribution in [0.2, 0.25) is 5.02 Å². The van der Waals surface area contributed by atoms with Crippen LogP contribution in [0.4, 0.5) is 5.13 Å². The number of hydrogen-bond donors (Lipinski definition) is 1. The van der Waals surface area contributed by atoms with Crippen molar-refractivity contribution in [3.63, 3.8) is 0 Å². The molecule has 1 atom stereocenters. The third-order valence-corrected chi connectivity index (χ3v) is 4.89. The molecule has 19 heavy (non-hydrogen) atoms. The second-order valence-electron chi connectivity index (χ2n) is 5.10. The molecule has 3 rings (SSSR count). The van der Waals surface area contributed by atoms with E-state index in [4.69, 9.17) is 11.6 Å². The molecule has 2 heterocycles. The number of anilines is 1. The minimum atomic E-state index is 0.568. The summed E-state index contributed by atoms with van der Waals surface area (Å²) in [4.78, 5) is 7.12. The molecular formula is C14H18ClN3S. The minimum absolute atomic E-state index is 0.568. The Morgan fingerprint density at radius 2 is 2.21 bits per heavy atom. The lowest BCUT2D eigenvalue weighted by atomic mass is 10.3. The Bertz CT molecular complexity index is 563. The van der Waals surface area contributed by atoms with Crippen molar-refractivity contribution in [3.8, 4) is 0 Å². The average Bonchev–Trinajstić information content (AvgIpc) is 3.04. The lowest BCUT2D eigenvalue weighted by molar-refractivity contribution is 0.269. The maximum Gasteiger partial charge on any atom is 0.183 e. The minimum Gasteiger partial charge on any atom is -0.360 e. The van der Waals surface area contributed by atoms with E-state index < -0.39 is 0 Å². The summed E-state index contributed by atoms with van der Waals surface area (Å²) >= 11 is 7.67. The number of aromatic nitrogens is 1. The SMILES string of the molecule is CC(CNc1nc2cc(Cl)ccc2s1)N1CCCC1. The van der Waals surface area contributed by atoms with Crippen molar-refractivity contribution >= 4 is 38.3 Å². The molecule has 1 aromatic heterocycles. The Hall–Kier alpha value is -0.840. The molecule has 102 valence electrons. The molecule has 0 aliphatic carbocycles. The van der Waals surface area contributed by atoms with Gasteiger partial charge in [-0.2, -0.15) is 0 Å². The van der Waals surface area contributed by atoms with Crippen LogP contribution in [0.25, 0.3) is 10.2 Å². The number of benzene rings is 1. The van der Waals surface area contributed by atoms with Gasteiger partial charge < -0.3 is 5.32 Å². The summed E-state index contributed by atoms with van der Waals surface area (Å²) in [6.07, 6.45) is 2.67. The van der Waals surface area contributed by atoms with Gasteiger partial charge in [-0.25, -0.2) is 4.98 Å². The van der Waals surface area contributed by atoms with Crippen molar-refractivity contribution in [2.75, 3.05) is 25.0 Å². The number of fused-ring (bicyclic) bond motifs is 1. The number of nitrogens with zero attached hydrogens (tertiary/aromatic N) is 2. The Morgan fingerprint density at radius 1 is 1.42 bits per heavy atom. The third kappa shape index (κ3) is 3.02. The molecule has 0 amide bonds. The van der Waals surface area contributed by atoms with Crippen molar-refractivity contribution < 1.29 is 0 Å². The standard InChI is InChI=1S/C14H18ClN3S/c1-10(18-6-2-3-7-18)9-16-14-17-12-8-11(15)4-5-13(12)19-14/h4-5,8,10H,2-3,6-7,9H2,1H3,(H,16,17). The highest BCUT2D eigenvalue weighted by atomic mass is 35.5. The molecule has 0 radical (unpaired) electrons. The first-order chi connectivity index (χ1) is 9.22. The van der Waals surface area contributed by atoms with Gasteiger partial charge in [-0.3, -0.25) is 4.90 Å². The van der Waals surface area contributed by atoms with Gasteiger partial charge in [-0.15, -0.1) is 0 Å². The van der Waals surface area contributed by atoms with E-state index in [0.717, 1.165) is 22.2 Å². The second-order valence-corrected chi connectivity index (χ2v) is 6.57. The average molecular weight is 296 g/mol. The quantitative estimate of drug-likeness (QED) is 0.929. The summed E-state index contributed by atoms with van der Waals surface area (Å²) in [5.41, 5.74) is 0.980. The van der Waals surface area contributed by atoms with Crippen LogP contribution >= 0.6 is 22.9 Å². The van der Waals surface area contributed by atoms with Crippen LogP contribution in [-0.2, 0) is 0 Å². The number of halogens is 1. The van der Waals surface area contributed by atoms with Crippen molar-refractivity contribution in [2.45, 2.75) is 25.8 Å². The number of likely N-dealkylation sites (tertiary alicyclic amines) is 1. The largest absolute Gasteiger partial charge is 0.360 e. The molecule has 0 bridgehead atoms. The van der Waals surface area contributed by atoms with Gasteiger partial charge in [0.15, 0.2) is 5.13 Å². The van der Waals surface area contributed by atoms with Gasteiger partial charge in [-0.05, 0) is 51.1 Å². The van der Waals surface area contributed by atoms with Gasteiger partial charge in [-0.1, -0.05) is 22.9 Å². The molecule has 0 spiro atoms. The van der Waals surface area contributed by atoms with Crippen molar-refractivity contribution in [2.24, 2.45) is 0 Å². The molecule has 1 saturated heterocycles. The van der Waals surface area contributed by atoms with Crippen LogP contribution in [0.1, 0.15) is 19.8 Å². The van der Waals surface area contributed by atoms with E-state index in [1.54, 1.807) is 11.3 Å². The van der Waals surface area contributed by atoms with Crippen LogP contribution in [0.5, 0.6) is 0 Å². The van der Waals surface area contributed by atoms with Crippen molar-refractivity contribution in [3.05, 3.63) is 23.2 Å². The Kier molecular flexibility index (Phi) is 3.91. The lowest BCUT2D eigenvalue weighted by Crippen LogP contribution is -2.35. The molecule has 1 aliphatic heterocycles. The summed E-state index contributed by atoms with van der Waals surface area (Å²) < 4.78 is 1.18. The van der Waals surface area contributed by atoms with E-state index in [9.17, 15) is 0 Å². The zero-order valence-corrected chi connectivity index (χ0v) is 12.6. The van der Waals surface area contributed by atoms with E-state index in [0.29, 0.717) is 6.04 Å². The fourth-order valence-corrected chi connectivity index (χ4v) is 3.54. The Labute approximate surface area is 122 Å². The number of nitrogens with one attached hydrogen (secondary N) is 1. The zero-order chi connectivity index (χ0) is 13.2. The van der Waals surface area contributed by atoms with Crippen LogP contribution in [0.3, 0.4) is 0 Å². The molecule has 1 aliphatic rings. The van der Waals surface area contributed by atoms with Gasteiger partial charge >= 0.3 is 0 Å². The summed E-state index contributed by atoms with van der Waals surface area (Å²) in [5.74, 6) is 0. The Morgan fingerprint density at radius 3 is 3.00 bits per heavy atom. The smallest absolute Gasteiger partial charge is 0.183 e. The molecule has 1 N–H and O–H groups in total. The highest BCUT2D eigenvalue weighted by Crippen LogP contribution is 2.28. The molecule has 3 nitrogen and oxygen atoms in total. The number of hydrogen-bond acceptors (Lipinski definition) is 4. The third-order valence-electron chi connectivity index (χ3n) is 3.66. The van der Waals surface area contributed by atoms with Crippen LogP contribution < -0.4 is 5.32 Å². The first-order valence-electron chi connectivity index (χ1n) is 6.76. The van der Waals surface area contributed by atoms with Crippen LogP contribution in [0.15, 0.2) is 18.2 Å². The molecular weight excluding hydrogens is 278 g/mol. The van der Waals surface area contributed by atoms with E-state index >= 15 is 0 Å². The second kappa shape index (κ2) is 5.65. The van der Waals surface area contributed by atoms with Gasteiger partial charge in [0.25, 0.3) is 0 Å². The lowest BCUT2D eigenvalue weighted by Gasteiger charge is -2.23. The molecule has 5 heteroatoms. The monoisotopic (exact) mass is 295 g/mol. The zero-order valence-electron chi connectivity index (χ0n) is 11.0. The fourth-order valence-electron chi connectivity index (χ4n) is 2.52. The van der Waals surface area contributed by atoms with Gasteiger partial charge in [0, 0.05) is 17.6 Å². The summed E-state index contributed by atoms with van der Waals surface area (Å²) in [6.45, 7) is 5.70. The summed E-state index contributed by atoms with van der Waals surface area (Å²) in [6, 6.07) is 6.43. The van der Waals surface area contributed by atoms with E-state index in [-0.39, 0.29) is 0 Å². The molecule has 1 fully saturated rings. The molecule has 2 aromatic rings. The first kappa shape index (κ1) is 13.2. The Balaban J connectivity index is 1.64. The van der Waals surface area contributed by atoms with Crippen molar-refractivity contribution in [1.29, 1.82) is 0 Å². The maximum atomic E-state index is 5.98. The highest BCUT2D eigenvalue weighted by molar-refractivity contribution is 7.22.